The van der Waals surface area contributed by atoms with Gasteiger partial charge in [-0.25, -0.2) is 8.42 Å². The van der Waals surface area contributed by atoms with Crippen LogP contribution >= 0.6 is 0 Å². The minimum absolute atomic E-state index is 0.00335. The number of sulfone groups is 1. The van der Waals surface area contributed by atoms with Crippen LogP contribution in [0.2, 0.25) is 0 Å². The Bertz CT molecular complexity index is 1220. The molecule has 0 saturated heterocycles. The Labute approximate surface area is 161 Å². The molecule has 1 aromatic heterocycles. The SMILES string of the molecule is Cc1ccc(S(=O)(=O)/C(C#N)=C/c2ccc(-c3ccccc3[N+](=O)[O-])o2)cc1. The summed E-state index contributed by atoms with van der Waals surface area (Å²) in [6, 6.07) is 16.8. The molecule has 0 spiro atoms. The monoisotopic (exact) mass is 394 g/mol. The summed E-state index contributed by atoms with van der Waals surface area (Å²) in [5, 5.41) is 20.5. The summed E-state index contributed by atoms with van der Waals surface area (Å²) in [5.74, 6) is 0.295. The fourth-order valence-corrected chi connectivity index (χ4v) is 3.70. The highest BCUT2D eigenvalue weighted by atomic mass is 32.2. The molecule has 7 nitrogen and oxygen atoms in total. The summed E-state index contributed by atoms with van der Waals surface area (Å²) in [6.45, 7) is 1.82. The summed E-state index contributed by atoms with van der Waals surface area (Å²) in [6.07, 6.45) is 1.10. The molecular weight excluding hydrogens is 380 g/mol. The van der Waals surface area contributed by atoms with Crippen LogP contribution in [0.4, 0.5) is 5.69 Å². The van der Waals surface area contributed by atoms with Gasteiger partial charge in [0.1, 0.15) is 17.6 Å². The van der Waals surface area contributed by atoms with Crippen molar-refractivity contribution < 1.29 is 17.8 Å². The van der Waals surface area contributed by atoms with Gasteiger partial charge in [0, 0.05) is 12.1 Å². The third kappa shape index (κ3) is 3.70. The lowest BCUT2D eigenvalue weighted by atomic mass is 10.1. The highest BCUT2D eigenvalue weighted by Gasteiger charge is 2.22. The Kier molecular flexibility index (Phi) is 5.11. The largest absolute Gasteiger partial charge is 0.456 e. The number of aryl methyl sites for hydroxylation is 1. The number of hydrogen-bond acceptors (Lipinski definition) is 6. The maximum absolute atomic E-state index is 12.7. The third-order valence-corrected chi connectivity index (χ3v) is 5.68. The predicted molar refractivity (Wildman–Crippen MR) is 103 cm³/mol. The van der Waals surface area contributed by atoms with Gasteiger partial charge in [0.05, 0.1) is 15.4 Å². The van der Waals surface area contributed by atoms with Crippen molar-refractivity contribution in [1.82, 2.24) is 0 Å². The Balaban J connectivity index is 2.01. The summed E-state index contributed by atoms with van der Waals surface area (Å²) in [5.41, 5.74) is 1.01. The van der Waals surface area contributed by atoms with Gasteiger partial charge >= 0.3 is 0 Å². The molecule has 0 aliphatic rings. The topological polar surface area (TPSA) is 114 Å². The molecule has 0 unspecified atom stereocenters. The highest BCUT2D eigenvalue weighted by Crippen LogP contribution is 2.32. The quantitative estimate of drug-likeness (QED) is 0.357. The van der Waals surface area contributed by atoms with Crippen LogP contribution in [0.15, 0.2) is 74.9 Å². The Morgan fingerprint density at radius 1 is 1.11 bits per heavy atom. The average Bonchev–Trinajstić information content (AvgIpc) is 3.15. The third-order valence-electron chi connectivity index (χ3n) is 4.00. The van der Waals surface area contributed by atoms with E-state index in [2.05, 4.69) is 0 Å². The van der Waals surface area contributed by atoms with Crippen LogP contribution in [0.5, 0.6) is 0 Å². The molecule has 1 heterocycles. The second-order valence-electron chi connectivity index (χ2n) is 5.91. The Hall–Kier alpha value is -3.70. The maximum atomic E-state index is 12.7. The first-order valence-corrected chi connectivity index (χ1v) is 9.58. The molecule has 2 aromatic carbocycles. The van der Waals surface area contributed by atoms with Crippen molar-refractivity contribution in [2.24, 2.45) is 0 Å². The zero-order valence-electron chi connectivity index (χ0n) is 14.7. The minimum Gasteiger partial charge on any atom is -0.456 e. The van der Waals surface area contributed by atoms with Gasteiger partial charge < -0.3 is 4.42 Å². The van der Waals surface area contributed by atoms with Gasteiger partial charge in [0.2, 0.25) is 9.84 Å². The van der Waals surface area contributed by atoms with E-state index < -0.39 is 19.7 Å². The number of hydrogen-bond donors (Lipinski definition) is 0. The lowest BCUT2D eigenvalue weighted by Gasteiger charge is -2.03. The molecule has 0 amide bonds. The number of nitrogens with zero attached hydrogens (tertiary/aromatic N) is 2. The molecule has 140 valence electrons. The van der Waals surface area contributed by atoms with Crippen molar-refractivity contribution >= 4 is 21.6 Å². The van der Waals surface area contributed by atoms with Crippen molar-refractivity contribution in [2.75, 3.05) is 0 Å². The molecule has 0 N–H and O–H groups in total. The van der Waals surface area contributed by atoms with E-state index in [1.165, 1.54) is 42.5 Å². The van der Waals surface area contributed by atoms with Gasteiger partial charge in [-0.1, -0.05) is 29.8 Å². The lowest BCUT2D eigenvalue weighted by Crippen LogP contribution is -2.03. The number of nitro benzene ring substituents is 1. The van der Waals surface area contributed by atoms with Gasteiger partial charge in [0.25, 0.3) is 5.69 Å². The normalized spacial score (nSPS) is 11.8. The zero-order valence-corrected chi connectivity index (χ0v) is 15.5. The van der Waals surface area contributed by atoms with Gasteiger partial charge in [-0.15, -0.1) is 0 Å². The van der Waals surface area contributed by atoms with E-state index in [9.17, 15) is 23.8 Å². The van der Waals surface area contributed by atoms with E-state index in [-0.39, 0.29) is 27.7 Å². The first-order chi connectivity index (χ1) is 13.3. The second-order valence-corrected chi connectivity index (χ2v) is 7.83. The summed E-state index contributed by atoms with van der Waals surface area (Å²) in [4.78, 5) is 10.1. The molecule has 0 bridgehead atoms. The van der Waals surface area contributed by atoms with Crippen molar-refractivity contribution in [1.29, 1.82) is 5.26 Å². The maximum Gasteiger partial charge on any atom is 0.280 e. The standard InChI is InChI=1S/C20H14N2O5S/c1-14-6-9-16(10-7-14)28(25,26)17(13-21)12-15-8-11-20(27-15)18-4-2-3-5-19(18)22(23)24/h2-12H,1H3/b17-12+. The van der Waals surface area contributed by atoms with Crippen molar-refractivity contribution in [2.45, 2.75) is 11.8 Å². The summed E-state index contributed by atoms with van der Waals surface area (Å²) < 4.78 is 30.9. The fraction of sp³-hybridized carbons (Fsp3) is 0.0500. The molecule has 28 heavy (non-hydrogen) atoms. The molecular formula is C20H14N2O5S. The molecule has 8 heteroatoms. The van der Waals surface area contributed by atoms with Crippen LogP contribution in [0.25, 0.3) is 17.4 Å². The minimum atomic E-state index is -4.01. The smallest absolute Gasteiger partial charge is 0.280 e. The number of benzene rings is 2. The first-order valence-electron chi connectivity index (χ1n) is 8.10. The van der Waals surface area contributed by atoms with Gasteiger partial charge in [0.15, 0.2) is 4.91 Å². The second kappa shape index (κ2) is 7.50. The van der Waals surface area contributed by atoms with E-state index in [1.54, 1.807) is 24.3 Å². The van der Waals surface area contributed by atoms with E-state index in [0.29, 0.717) is 0 Å². The number of rotatable bonds is 5. The van der Waals surface area contributed by atoms with Crippen molar-refractivity contribution in [3.8, 4) is 17.4 Å². The van der Waals surface area contributed by atoms with Gasteiger partial charge in [-0.2, -0.15) is 5.26 Å². The first kappa shape index (κ1) is 19.1. The van der Waals surface area contributed by atoms with E-state index in [4.69, 9.17) is 4.42 Å². The predicted octanol–water partition coefficient (Wildman–Crippen LogP) is 4.50. The Morgan fingerprint density at radius 2 is 1.79 bits per heavy atom. The number of para-hydroxylation sites is 1. The zero-order chi connectivity index (χ0) is 20.3. The van der Waals surface area contributed by atoms with Crippen LogP contribution in [-0.2, 0) is 9.84 Å². The number of nitro groups is 1. The van der Waals surface area contributed by atoms with E-state index in [0.717, 1.165) is 11.6 Å². The molecule has 3 aromatic rings. The Morgan fingerprint density at radius 3 is 2.43 bits per heavy atom. The molecule has 0 aliphatic carbocycles. The number of nitriles is 1. The summed E-state index contributed by atoms with van der Waals surface area (Å²) >= 11 is 0. The molecule has 0 radical (unpaired) electrons. The average molecular weight is 394 g/mol. The van der Waals surface area contributed by atoms with Crippen LogP contribution in [0.3, 0.4) is 0 Å². The fourth-order valence-electron chi connectivity index (χ4n) is 2.56. The van der Waals surface area contributed by atoms with Gasteiger partial charge in [-0.05, 0) is 37.3 Å². The molecule has 0 atom stereocenters. The number of furan rings is 1. The van der Waals surface area contributed by atoms with E-state index in [1.807, 2.05) is 6.92 Å². The van der Waals surface area contributed by atoms with Crippen LogP contribution in [-0.4, -0.2) is 13.3 Å². The summed E-state index contributed by atoms with van der Waals surface area (Å²) in [7, 11) is -4.01. The molecule has 0 saturated carbocycles. The molecule has 0 aliphatic heterocycles. The highest BCUT2D eigenvalue weighted by molar-refractivity contribution is 7.95. The molecule has 0 fully saturated rings. The van der Waals surface area contributed by atoms with Crippen LogP contribution < -0.4 is 0 Å². The van der Waals surface area contributed by atoms with Crippen LogP contribution in [0, 0.1) is 28.4 Å². The van der Waals surface area contributed by atoms with Crippen LogP contribution in [0.1, 0.15) is 11.3 Å². The van der Waals surface area contributed by atoms with Crippen molar-refractivity contribution in [3.63, 3.8) is 0 Å². The molecule has 3 rings (SSSR count). The number of allylic oxidation sites excluding steroid dienone is 1. The lowest BCUT2D eigenvalue weighted by molar-refractivity contribution is -0.384. The van der Waals surface area contributed by atoms with Crippen molar-refractivity contribution in [3.05, 3.63) is 87.0 Å². The van der Waals surface area contributed by atoms with Gasteiger partial charge in [-0.3, -0.25) is 10.1 Å². The van der Waals surface area contributed by atoms with E-state index >= 15 is 0 Å².